The molecular formula is C10H19N3O2. The molecule has 5 heteroatoms. The number of hydrogen-bond acceptors (Lipinski definition) is 2. The predicted molar refractivity (Wildman–Crippen MR) is 60.1 cm³/mol. The number of aliphatic imine (C=N–C) groups is 1. The third-order valence-corrected chi connectivity index (χ3v) is 1.93. The van der Waals surface area contributed by atoms with Crippen molar-refractivity contribution in [3.63, 3.8) is 0 Å². The highest BCUT2D eigenvalue weighted by Crippen LogP contribution is 2.04. The monoisotopic (exact) mass is 213 g/mol. The molecule has 1 fully saturated rings. The average molecular weight is 213 g/mol. The smallest absolute Gasteiger partial charge is 0.342 e. The topological polar surface area (TPSA) is 53.0 Å². The molecule has 0 spiro atoms. The van der Waals surface area contributed by atoms with Gasteiger partial charge in [0.1, 0.15) is 0 Å². The molecule has 0 aromatic carbocycles. The normalized spacial score (nSPS) is 15.2. The van der Waals surface area contributed by atoms with Gasteiger partial charge in [0.15, 0.2) is 0 Å². The van der Waals surface area contributed by atoms with Crippen molar-refractivity contribution in [3.8, 4) is 0 Å². The summed E-state index contributed by atoms with van der Waals surface area (Å²) in [5, 5.41) is 0. The Hall–Kier alpha value is -1.39. The van der Waals surface area contributed by atoms with E-state index in [0.29, 0.717) is 5.91 Å². The van der Waals surface area contributed by atoms with Gasteiger partial charge in [0.2, 0.25) is 5.91 Å². The minimum absolute atomic E-state index is 0.215. The third kappa shape index (κ3) is 5.83. The van der Waals surface area contributed by atoms with E-state index < -0.39 is 0 Å². The van der Waals surface area contributed by atoms with Gasteiger partial charge in [-0.15, -0.1) is 0 Å². The summed E-state index contributed by atoms with van der Waals surface area (Å²) in [4.78, 5) is 27.6. The van der Waals surface area contributed by atoms with Crippen LogP contribution in [-0.4, -0.2) is 55.6 Å². The van der Waals surface area contributed by atoms with Gasteiger partial charge in [-0.1, -0.05) is 0 Å². The fourth-order valence-electron chi connectivity index (χ4n) is 1.01. The van der Waals surface area contributed by atoms with Crippen LogP contribution in [0.3, 0.4) is 0 Å². The Balaban J connectivity index is 0.000000262. The van der Waals surface area contributed by atoms with Gasteiger partial charge in [0.25, 0.3) is 0 Å². The quantitative estimate of drug-likeness (QED) is 0.564. The molecule has 0 aliphatic carbocycles. The van der Waals surface area contributed by atoms with Crippen molar-refractivity contribution in [2.75, 3.05) is 27.7 Å². The zero-order valence-electron chi connectivity index (χ0n) is 9.86. The summed E-state index contributed by atoms with van der Waals surface area (Å²) >= 11 is 0. The highest BCUT2D eigenvalue weighted by molar-refractivity contribution is 5.82. The lowest BCUT2D eigenvalue weighted by Gasteiger charge is -2.03. The van der Waals surface area contributed by atoms with Gasteiger partial charge in [-0.05, 0) is 13.3 Å². The van der Waals surface area contributed by atoms with E-state index in [9.17, 15) is 9.59 Å². The van der Waals surface area contributed by atoms with E-state index >= 15 is 0 Å². The van der Waals surface area contributed by atoms with E-state index in [-0.39, 0.29) is 6.03 Å². The van der Waals surface area contributed by atoms with Crippen molar-refractivity contribution in [1.82, 2.24) is 9.80 Å². The molecule has 0 aromatic rings. The molecule has 0 unspecified atom stereocenters. The second kappa shape index (κ2) is 6.98. The minimum Gasteiger partial charge on any atom is -0.346 e. The van der Waals surface area contributed by atoms with E-state index in [1.54, 1.807) is 25.9 Å². The average Bonchev–Trinajstić information content (AvgIpc) is 2.52. The van der Waals surface area contributed by atoms with Crippen LogP contribution < -0.4 is 0 Å². The second-order valence-electron chi connectivity index (χ2n) is 3.48. The van der Waals surface area contributed by atoms with E-state index in [2.05, 4.69) is 4.99 Å². The summed E-state index contributed by atoms with van der Waals surface area (Å²) in [6.07, 6.45) is 3.29. The molecule has 1 aliphatic heterocycles. The number of carbonyl (C=O) groups is 2. The first-order valence-electron chi connectivity index (χ1n) is 4.93. The molecule has 1 heterocycles. The molecule has 1 aliphatic rings. The molecule has 1 saturated heterocycles. The summed E-state index contributed by atoms with van der Waals surface area (Å²) in [7, 11) is 5.17. The molecule has 0 bridgehead atoms. The van der Waals surface area contributed by atoms with Gasteiger partial charge >= 0.3 is 6.03 Å². The van der Waals surface area contributed by atoms with Gasteiger partial charge in [-0.2, -0.15) is 0 Å². The first kappa shape index (κ1) is 13.6. The Bertz CT molecular complexity index is 249. The van der Waals surface area contributed by atoms with Crippen LogP contribution in [0.2, 0.25) is 0 Å². The molecule has 0 radical (unpaired) electrons. The second-order valence-corrected chi connectivity index (χ2v) is 3.48. The summed E-state index contributed by atoms with van der Waals surface area (Å²) in [6, 6.07) is -0.215. The third-order valence-electron chi connectivity index (χ3n) is 1.93. The Kier molecular flexibility index (Phi) is 6.33. The first-order chi connectivity index (χ1) is 6.99. The van der Waals surface area contributed by atoms with Crippen molar-refractivity contribution < 1.29 is 9.59 Å². The van der Waals surface area contributed by atoms with Crippen LogP contribution in [0.15, 0.2) is 4.99 Å². The van der Waals surface area contributed by atoms with Crippen LogP contribution >= 0.6 is 0 Å². The van der Waals surface area contributed by atoms with Crippen molar-refractivity contribution in [2.24, 2.45) is 4.99 Å². The van der Waals surface area contributed by atoms with Gasteiger partial charge in [-0.3, -0.25) is 4.79 Å². The Labute approximate surface area is 90.8 Å². The molecule has 0 atom stereocenters. The maximum Gasteiger partial charge on any atom is 0.342 e. The van der Waals surface area contributed by atoms with Crippen molar-refractivity contribution in [1.29, 1.82) is 0 Å². The van der Waals surface area contributed by atoms with Gasteiger partial charge in [-0.25, -0.2) is 9.79 Å². The Morgan fingerprint density at radius 2 is 2.13 bits per heavy atom. The molecule has 3 amide bonds. The SMILES string of the molecule is C/C=N/C(=O)N(C)C.CN1CCCC1=O. The number of hydrogen-bond donors (Lipinski definition) is 0. The molecule has 1 rings (SSSR count). The highest BCUT2D eigenvalue weighted by Gasteiger charge is 2.14. The summed E-state index contributed by atoms with van der Waals surface area (Å²) in [5.74, 6) is 0.292. The van der Waals surface area contributed by atoms with Gasteiger partial charge < -0.3 is 9.80 Å². The van der Waals surface area contributed by atoms with E-state index in [1.165, 1.54) is 11.1 Å². The maximum atomic E-state index is 10.5. The Morgan fingerprint density at radius 1 is 1.53 bits per heavy atom. The zero-order chi connectivity index (χ0) is 11.8. The summed E-state index contributed by atoms with van der Waals surface area (Å²) < 4.78 is 0. The lowest BCUT2D eigenvalue weighted by Crippen LogP contribution is -2.17. The standard InChI is InChI=1S/C5H10N2O.C5H9NO/c1-4-6-5(8)7(2)3;1-6-4-2-3-5(6)7/h4H,1-3H3;2-4H2,1H3/b6-4+;. The molecule has 15 heavy (non-hydrogen) atoms. The molecule has 0 N–H and O–H groups in total. The zero-order valence-corrected chi connectivity index (χ0v) is 9.86. The minimum atomic E-state index is -0.215. The fourth-order valence-corrected chi connectivity index (χ4v) is 1.01. The van der Waals surface area contributed by atoms with Crippen LogP contribution in [0.1, 0.15) is 19.8 Å². The van der Waals surface area contributed by atoms with E-state index in [0.717, 1.165) is 19.4 Å². The summed E-state index contributed by atoms with van der Waals surface area (Å²) in [5.41, 5.74) is 0. The number of likely N-dealkylation sites (tertiary alicyclic amines) is 1. The Morgan fingerprint density at radius 3 is 2.27 bits per heavy atom. The lowest BCUT2D eigenvalue weighted by molar-refractivity contribution is -0.126. The number of carbonyl (C=O) groups excluding carboxylic acids is 2. The van der Waals surface area contributed by atoms with Crippen LogP contribution in [0.5, 0.6) is 0 Å². The maximum absolute atomic E-state index is 10.5. The molecule has 0 saturated carbocycles. The summed E-state index contributed by atoms with van der Waals surface area (Å²) in [6.45, 7) is 2.67. The van der Waals surface area contributed by atoms with E-state index in [4.69, 9.17) is 0 Å². The van der Waals surface area contributed by atoms with Crippen LogP contribution in [0.25, 0.3) is 0 Å². The largest absolute Gasteiger partial charge is 0.346 e. The van der Waals surface area contributed by atoms with Gasteiger partial charge in [0, 0.05) is 40.3 Å². The highest BCUT2D eigenvalue weighted by atomic mass is 16.2. The number of rotatable bonds is 0. The fraction of sp³-hybridized carbons (Fsp3) is 0.700. The van der Waals surface area contributed by atoms with Gasteiger partial charge in [0.05, 0.1) is 0 Å². The molecule has 86 valence electrons. The lowest BCUT2D eigenvalue weighted by atomic mass is 10.4. The number of amides is 3. The van der Waals surface area contributed by atoms with Crippen molar-refractivity contribution in [2.45, 2.75) is 19.8 Å². The molecule has 5 nitrogen and oxygen atoms in total. The predicted octanol–water partition coefficient (Wildman–Crippen LogP) is 0.997. The molecule has 0 aromatic heterocycles. The van der Waals surface area contributed by atoms with Crippen molar-refractivity contribution >= 4 is 18.2 Å². The van der Waals surface area contributed by atoms with Crippen LogP contribution in [-0.2, 0) is 4.79 Å². The first-order valence-corrected chi connectivity index (χ1v) is 4.93. The van der Waals surface area contributed by atoms with Crippen LogP contribution in [0, 0.1) is 0 Å². The molecular weight excluding hydrogens is 194 g/mol. The van der Waals surface area contributed by atoms with E-state index in [1.807, 2.05) is 7.05 Å². The number of urea groups is 1. The number of nitrogens with zero attached hydrogens (tertiary/aromatic N) is 3. The van der Waals surface area contributed by atoms with Crippen molar-refractivity contribution in [3.05, 3.63) is 0 Å². The van der Waals surface area contributed by atoms with Crippen LogP contribution in [0.4, 0.5) is 4.79 Å².